The first kappa shape index (κ1) is 90.9. The topological polar surface area (TPSA) is 536 Å². The number of amides is 12. The summed E-state index contributed by atoms with van der Waals surface area (Å²) in [6.45, 7) is 16.2. The Morgan fingerprint density at radius 3 is 1.83 bits per heavy atom. The number of benzene rings is 3. The molecule has 36 nitrogen and oxygen atoms in total. The molecule has 1 aliphatic rings. The molecule has 3 aromatic carbocycles. The Labute approximate surface area is 672 Å². The van der Waals surface area contributed by atoms with Crippen LogP contribution in [0.5, 0.6) is 5.75 Å². The van der Waals surface area contributed by atoms with Crippen molar-refractivity contribution in [2.45, 2.75) is 207 Å². The number of phenolic OH excluding ortho intramolecular Hbond substituents is 1. The Bertz CT molecular complexity index is 4480. The summed E-state index contributed by atoms with van der Waals surface area (Å²) in [7, 11) is 0. The van der Waals surface area contributed by atoms with Crippen LogP contribution in [0.15, 0.2) is 96.6 Å². The first-order chi connectivity index (χ1) is 55.2. The number of carbonyl (C=O) groups excluding carboxylic acids is 13. The molecule has 0 bridgehead atoms. The number of guanidine groups is 1. The van der Waals surface area contributed by atoms with Gasteiger partial charge in [-0.05, 0) is 117 Å². The fraction of sp³-hybridized carbons (Fsp3) is 0.512. The number of rotatable bonds is 45. The molecule has 7 rings (SSSR count). The van der Waals surface area contributed by atoms with Crippen LogP contribution in [0, 0.1) is 23.2 Å². The zero-order valence-electron chi connectivity index (χ0n) is 67.3. The zero-order valence-corrected chi connectivity index (χ0v) is 67.3. The number of imidazole rings is 1. The van der Waals surface area contributed by atoms with Crippen molar-refractivity contribution in [3.63, 3.8) is 0 Å². The first-order valence-electron chi connectivity index (χ1n) is 39.4. The largest absolute Gasteiger partial charge is 0.508 e. The first-order valence-corrected chi connectivity index (χ1v) is 39.4. The van der Waals surface area contributed by atoms with Crippen molar-refractivity contribution in [1.82, 2.24) is 87.9 Å². The smallest absolute Gasteiger partial charge is 0.261 e. The van der Waals surface area contributed by atoms with Crippen molar-refractivity contribution in [1.29, 1.82) is 5.41 Å². The molecule has 6 aromatic rings. The van der Waals surface area contributed by atoms with Gasteiger partial charge in [0.15, 0.2) is 11.7 Å². The van der Waals surface area contributed by atoms with Crippen LogP contribution >= 0.6 is 0 Å². The number of Topliss-reactive ketones (excluding diaryl/α,β-unsaturated/α-hetero) is 1. The minimum atomic E-state index is -1.73. The Kier molecular flexibility index (Phi) is 34.8. The van der Waals surface area contributed by atoms with Gasteiger partial charge in [0.25, 0.3) is 5.56 Å². The number of hydrogen-bond donors (Lipinski definition) is 17. The van der Waals surface area contributed by atoms with Crippen molar-refractivity contribution >= 4 is 110 Å². The number of fused-ring (bicyclic) bond motifs is 2. The number of para-hydroxylation sites is 1. The lowest BCUT2D eigenvalue weighted by Crippen LogP contribution is -2.61. The van der Waals surface area contributed by atoms with Crippen molar-refractivity contribution in [2.24, 2.45) is 29.2 Å². The second-order valence-corrected chi connectivity index (χ2v) is 30.2. The normalized spacial score (nSPS) is 14.7. The van der Waals surface area contributed by atoms with Crippen LogP contribution in [0.25, 0.3) is 21.8 Å². The molecule has 19 N–H and O–H groups in total. The van der Waals surface area contributed by atoms with Crippen LogP contribution in [0.4, 0.5) is 5.69 Å². The molecule has 10 atom stereocenters. The van der Waals surface area contributed by atoms with Gasteiger partial charge in [-0.3, -0.25) is 77.1 Å². The summed E-state index contributed by atoms with van der Waals surface area (Å²) in [6, 6.07) is 6.07. The summed E-state index contributed by atoms with van der Waals surface area (Å²) >= 11 is 0. The van der Waals surface area contributed by atoms with Crippen molar-refractivity contribution < 1.29 is 67.4 Å². The average Bonchev–Trinajstić information content (AvgIpc) is 0.917. The van der Waals surface area contributed by atoms with Gasteiger partial charge >= 0.3 is 0 Å². The third-order valence-corrected chi connectivity index (χ3v) is 20.0. The molecule has 1 aliphatic heterocycles. The Balaban J connectivity index is 1.08. The van der Waals surface area contributed by atoms with Gasteiger partial charge in [-0.15, -0.1) is 0 Å². The molecular formula is C80H113N21O15. The predicted octanol–water partition coefficient (Wildman–Crippen LogP) is 0.629. The molecule has 12 amide bonds. The molecule has 1 saturated heterocycles. The number of nitrogens with one attached hydrogen (secondary N) is 14. The molecule has 0 radical (unpaired) electrons. The third kappa shape index (κ3) is 27.8. The summed E-state index contributed by atoms with van der Waals surface area (Å²) < 4.78 is 1.06. The molecule has 0 spiro atoms. The number of H-pyrrole nitrogens is 2. The fourth-order valence-corrected chi connectivity index (χ4v) is 13.6. The molecule has 0 saturated carbocycles. The molecular weight excluding hydrogens is 1500 g/mol. The van der Waals surface area contributed by atoms with Gasteiger partial charge in [0.05, 0.1) is 36.0 Å². The molecule has 4 heterocycles. The Hall–Kier alpha value is -12.3. The van der Waals surface area contributed by atoms with Gasteiger partial charge in [-0.1, -0.05) is 85.2 Å². The minimum absolute atomic E-state index is 0.0619. The number of piperazine rings is 1. The summed E-state index contributed by atoms with van der Waals surface area (Å²) in [6.07, 6.45) is 7.06. The number of nitrogens with two attached hydrogens (primary N) is 2. The fourth-order valence-electron chi connectivity index (χ4n) is 13.6. The van der Waals surface area contributed by atoms with Crippen LogP contribution in [0.2, 0.25) is 0 Å². The number of carbonyl (C=O) groups is 13. The van der Waals surface area contributed by atoms with Crippen LogP contribution in [-0.2, 0) is 88.1 Å². The van der Waals surface area contributed by atoms with Gasteiger partial charge in [0.1, 0.15) is 60.6 Å². The van der Waals surface area contributed by atoms with Gasteiger partial charge in [0, 0.05) is 107 Å². The highest BCUT2D eigenvalue weighted by Gasteiger charge is 2.38. The highest BCUT2D eigenvalue weighted by atomic mass is 16.3. The van der Waals surface area contributed by atoms with E-state index in [4.69, 9.17) is 16.9 Å². The van der Waals surface area contributed by atoms with Crippen LogP contribution in [0.3, 0.4) is 0 Å². The number of aromatic hydroxyl groups is 1. The van der Waals surface area contributed by atoms with E-state index in [1.807, 2.05) is 43.9 Å². The van der Waals surface area contributed by atoms with E-state index in [-0.39, 0.29) is 123 Å². The van der Waals surface area contributed by atoms with Gasteiger partial charge in [-0.25, -0.2) is 9.97 Å². The molecule has 628 valence electrons. The summed E-state index contributed by atoms with van der Waals surface area (Å²) in [5.74, 6) is -10.4. The van der Waals surface area contributed by atoms with E-state index in [0.717, 1.165) is 15.5 Å². The second kappa shape index (κ2) is 44.4. The highest BCUT2D eigenvalue weighted by Crippen LogP contribution is 2.24. The second-order valence-electron chi connectivity index (χ2n) is 30.2. The van der Waals surface area contributed by atoms with E-state index in [0.29, 0.717) is 79.8 Å². The maximum absolute atomic E-state index is 15.0. The van der Waals surface area contributed by atoms with E-state index in [2.05, 4.69) is 78.4 Å². The number of hydrogen-bond acceptors (Lipinski definition) is 19. The SMILES string of the molecule is CCCC(=O)NCCCC[C@H](NC(=O)[C@@H](NC(C)=O)[C@@H](C)CC)C(=O)N1CCN(c2ccc3ncn(CC(=O)N[C@@H](CCCNC(=N)N)C(=O)N[C@@H](Cc4cnc[nH]4)C(=O)N[C@@H](Cc4ccc(O)cc4)C(=O)N[C@@H](CC(C)C)C(=O)N[C@@H](CC(N)=O)C(=O)N[C@@H](Cc4c[nH]c5ccccc45)C(=O)N[C@H](C(C)=O)C(C)C)c(=O)c3c2)CC1. The van der Waals surface area contributed by atoms with Crippen molar-refractivity contribution in [3.8, 4) is 5.75 Å². The lowest BCUT2D eigenvalue weighted by molar-refractivity contribution is -0.138. The maximum atomic E-state index is 15.0. The zero-order chi connectivity index (χ0) is 84.9. The van der Waals surface area contributed by atoms with Crippen molar-refractivity contribution in [2.75, 3.05) is 44.2 Å². The number of nitrogens with zero attached hydrogens (tertiary/aromatic N) is 5. The summed E-state index contributed by atoms with van der Waals surface area (Å²) in [5, 5.41) is 48.8. The van der Waals surface area contributed by atoms with Gasteiger partial charge in [-0.2, -0.15) is 0 Å². The Morgan fingerprint density at radius 1 is 0.603 bits per heavy atom. The number of phenols is 1. The monoisotopic (exact) mass is 1610 g/mol. The molecule has 116 heavy (non-hydrogen) atoms. The predicted molar refractivity (Wildman–Crippen MR) is 433 cm³/mol. The van der Waals surface area contributed by atoms with E-state index in [1.165, 1.54) is 57.0 Å². The number of aromatic nitrogens is 5. The lowest BCUT2D eigenvalue weighted by atomic mass is 9.97. The minimum Gasteiger partial charge on any atom is -0.508 e. The van der Waals surface area contributed by atoms with Gasteiger partial charge < -0.3 is 94.8 Å². The molecule has 3 aromatic heterocycles. The van der Waals surface area contributed by atoms with E-state index < -0.39 is 126 Å². The van der Waals surface area contributed by atoms with Crippen LogP contribution < -0.4 is 80.4 Å². The van der Waals surface area contributed by atoms with E-state index >= 15 is 4.79 Å². The maximum Gasteiger partial charge on any atom is 0.261 e. The Morgan fingerprint density at radius 2 is 1.21 bits per heavy atom. The number of primary amides is 1. The van der Waals surface area contributed by atoms with E-state index in [1.54, 1.807) is 63.1 Å². The third-order valence-electron chi connectivity index (χ3n) is 20.0. The standard InChI is InChI=1S/C80H113N21O15/c1-10-17-67(106)85-28-15-14-20-60(92-77(114)70(47(7)11-2)90-49(9)103)79(116)100-32-30-99(31-33-100)53-24-27-58-56(38-53)78(115)101(44-89-58)42-68(107)91-59(21-16-29-86-80(82)83)71(108)96-64(37-52-41-84-43-88-52)74(111)94-62(35-50-22-25-54(104)26-23-50)73(110)93-61(34-45(3)4)72(109)97-65(39-66(81)105)75(112)95-63(76(113)98-69(46(5)6)48(8)102)36-51-40-87-57-19-13-12-18-55(51)57/h12-13,18-19,22-27,38,40-41,43-47,59-65,69-70,87,104H,10-11,14-17,20-21,28-37,39,42H2,1-9H3,(H2,81,105)(H,84,88)(H,85,106)(H,90,103)(H,91,107)(H,92,114)(H,93,110)(H,94,111)(H,95,112)(H,96,108)(H,97,109)(H,98,113)(H4,82,83,86)/t47-,59-,60-,61-,62-,63-,64-,65-,69-,70-/m0/s1. The average molecular weight is 1610 g/mol. The van der Waals surface area contributed by atoms with E-state index in [9.17, 15) is 67.4 Å². The quantitative estimate of drug-likeness (QED) is 0.0142. The van der Waals surface area contributed by atoms with Crippen LogP contribution in [0.1, 0.15) is 143 Å². The van der Waals surface area contributed by atoms with Gasteiger partial charge in [0.2, 0.25) is 70.9 Å². The number of ketones is 1. The highest BCUT2D eigenvalue weighted by molar-refractivity contribution is 6.00. The molecule has 0 unspecified atom stereocenters. The molecule has 0 aliphatic carbocycles. The molecule has 1 fully saturated rings. The number of anilines is 1. The van der Waals surface area contributed by atoms with Crippen LogP contribution in [-0.4, -0.2) is 211 Å². The molecule has 36 heteroatoms. The number of aromatic amines is 2. The summed E-state index contributed by atoms with van der Waals surface area (Å²) in [5.41, 5.74) is 13.7. The summed E-state index contributed by atoms with van der Waals surface area (Å²) in [4.78, 5) is 213. The van der Waals surface area contributed by atoms with Crippen molar-refractivity contribution in [3.05, 3.63) is 119 Å². The lowest BCUT2D eigenvalue weighted by Gasteiger charge is -2.38. The number of unbranched alkanes of at least 4 members (excludes halogenated alkanes) is 1.